The third-order valence-corrected chi connectivity index (χ3v) is 4.66. The van der Waals surface area contributed by atoms with E-state index >= 15 is 0 Å². The normalized spacial score (nSPS) is 14.1. The Morgan fingerprint density at radius 1 is 1.00 bits per heavy atom. The van der Waals surface area contributed by atoms with Gasteiger partial charge in [0.2, 0.25) is 0 Å². The number of halogens is 2. The van der Waals surface area contributed by atoms with Gasteiger partial charge in [-0.3, -0.25) is 9.59 Å². The third kappa shape index (κ3) is 3.27. The Hall–Kier alpha value is -2.51. The van der Waals surface area contributed by atoms with Crippen molar-refractivity contribution in [2.45, 2.75) is 0 Å². The standard InChI is InChI=1S/C18H14BrClN2O4/c1-25-12-7-8-13(14(9-12)26-2)21-16-15(20)17(23)22(18(16)24)11-5-3-10(19)4-6-11/h3-9,21H,1-2H3. The molecule has 3 rings (SSSR count). The Bertz CT molecular complexity index is 912. The van der Waals surface area contributed by atoms with Crippen molar-refractivity contribution in [3.63, 3.8) is 0 Å². The van der Waals surface area contributed by atoms with Gasteiger partial charge in [-0.05, 0) is 36.4 Å². The van der Waals surface area contributed by atoms with E-state index in [1.165, 1.54) is 14.2 Å². The molecule has 0 aromatic heterocycles. The number of methoxy groups -OCH3 is 2. The topological polar surface area (TPSA) is 67.9 Å². The van der Waals surface area contributed by atoms with Crippen LogP contribution in [0, 0.1) is 0 Å². The average Bonchev–Trinajstić information content (AvgIpc) is 2.86. The summed E-state index contributed by atoms with van der Waals surface area (Å²) in [6, 6.07) is 11.8. The van der Waals surface area contributed by atoms with Crippen LogP contribution >= 0.6 is 27.5 Å². The number of ether oxygens (including phenoxy) is 2. The Balaban J connectivity index is 1.92. The Labute approximate surface area is 163 Å². The van der Waals surface area contributed by atoms with Crippen molar-refractivity contribution < 1.29 is 19.1 Å². The van der Waals surface area contributed by atoms with Crippen LogP contribution < -0.4 is 19.7 Å². The maximum absolute atomic E-state index is 12.8. The molecule has 2 aromatic rings. The number of hydrogen-bond acceptors (Lipinski definition) is 5. The quantitative estimate of drug-likeness (QED) is 0.719. The molecule has 2 aromatic carbocycles. The summed E-state index contributed by atoms with van der Waals surface area (Å²) in [5, 5.41) is 2.71. The molecule has 1 aliphatic heterocycles. The number of carbonyl (C=O) groups is 2. The predicted molar refractivity (Wildman–Crippen MR) is 103 cm³/mol. The van der Waals surface area contributed by atoms with Crippen LogP contribution in [0.25, 0.3) is 0 Å². The van der Waals surface area contributed by atoms with E-state index in [1.54, 1.807) is 42.5 Å². The van der Waals surface area contributed by atoms with Gasteiger partial charge in [0.05, 0.1) is 25.6 Å². The summed E-state index contributed by atoms with van der Waals surface area (Å²) in [6.45, 7) is 0. The smallest absolute Gasteiger partial charge is 0.283 e. The van der Waals surface area contributed by atoms with E-state index in [4.69, 9.17) is 21.1 Å². The summed E-state index contributed by atoms with van der Waals surface area (Å²) in [5.41, 5.74) is 0.906. The van der Waals surface area contributed by atoms with E-state index in [9.17, 15) is 9.59 Å². The van der Waals surface area contributed by atoms with Gasteiger partial charge in [-0.15, -0.1) is 0 Å². The zero-order valence-electron chi connectivity index (χ0n) is 13.9. The lowest BCUT2D eigenvalue weighted by Gasteiger charge is -2.16. The molecule has 0 saturated heterocycles. The number of rotatable bonds is 5. The van der Waals surface area contributed by atoms with Crippen molar-refractivity contribution >= 4 is 50.7 Å². The van der Waals surface area contributed by atoms with Gasteiger partial charge in [0.25, 0.3) is 11.8 Å². The Morgan fingerprint density at radius 2 is 1.69 bits per heavy atom. The van der Waals surface area contributed by atoms with Crippen LogP contribution in [0.1, 0.15) is 0 Å². The summed E-state index contributed by atoms with van der Waals surface area (Å²) < 4.78 is 11.3. The highest BCUT2D eigenvalue weighted by atomic mass is 79.9. The van der Waals surface area contributed by atoms with E-state index in [2.05, 4.69) is 21.2 Å². The molecule has 1 N–H and O–H groups in total. The maximum Gasteiger partial charge on any atom is 0.283 e. The van der Waals surface area contributed by atoms with Gasteiger partial charge in [-0.25, -0.2) is 4.90 Å². The lowest BCUT2D eigenvalue weighted by atomic mass is 10.2. The van der Waals surface area contributed by atoms with Crippen LogP contribution in [0.15, 0.2) is 57.7 Å². The van der Waals surface area contributed by atoms with E-state index in [-0.39, 0.29) is 10.7 Å². The van der Waals surface area contributed by atoms with Crippen LogP contribution in [-0.4, -0.2) is 26.0 Å². The van der Waals surface area contributed by atoms with Crippen molar-refractivity contribution in [3.05, 3.63) is 57.7 Å². The van der Waals surface area contributed by atoms with E-state index in [0.717, 1.165) is 9.37 Å². The number of amides is 2. The minimum Gasteiger partial charge on any atom is -0.497 e. The van der Waals surface area contributed by atoms with Crippen LogP contribution in [-0.2, 0) is 9.59 Å². The van der Waals surface area contributed by atoms with Crippen LogP contribution in [0.3, 0.4) is 0 Å². The molecule has 0 unspecified atom stereocenters. The molecule has 2 amide bonds. The monoisotopic (exact) mass is 436 g/mol. The van der Waals surface area contributed by atoms with Crippen LogP contribution in [0.2, 0.25) is 0 Å². The SMILES string of the molecule is COc1ccc(NC2=C(Cl)C(=O)N(c3ccc(Br)cc3)C2=O)c(OC)c1. The van der Waals surface area contributed by atoms with Crippen LogP contribution in [0.5, 0.6) is 11.5 Å². The van der Waals surface area contributed by atoms with Crippen LogP contribution in [0.4, 0.5) is 11.4 Å². The lowest BCUT2D eigenvalue weighted by Crippen LogP contribution is -2.32. The first-order valence-electron chi connectivity index (χ1n) is 7.49. The molecule has 6 nitrogen and oxygen atoms in total. The number of nitrogens with zero attached hydrogens (tertiary/aromatic N) is 1. The van der Waals surface area contributed by atoms with Crippen molar-refractivity contribution in [3.8, 4) is 11.5 Å². The molecule has 0 fully saturated rings. The lowest BCUT2D eigenvalue weighted by molar-refractivity contribution is -0.120. The highest BCUT2D eigenvalue weighted by molar-refractivity contribution is 9.10. The zero-order valence-corrected chi connectivity index (χ0v) is 16.2. The van der Waals surface area contributed by atoms with Crippen molar-refractivity contribution in [1.82, 2.24) is 0 Å². The molecular formula is C18H14BrClN2O4. The summed E-state index contributed by atoms with van der Waals surface area (Å²) in [4.78, 5) is 26.3. The number of benzene rings is 2. The zero-order chi connectivity index (χ0) is 18.8. The second kappa shape index (κ2) is 7.39. The third-order valence-electron chi connectivity index (χ3n) is 3.78. The second-order valence-electron chi connectivity index (χ2n) is 5.30. The fraction of sp³-hybridized carbons (Fsp3) is 0.111. The summed E-state index contributed by atoms with van der Waals surface area (Å²) in [5.74, 6) is -0.0874. The van der Waals surface area contributed by atoms with Crippen molar-refractivity contribution in [2.75, 3.05) is 24.4 Å². The molecule has 1 heterocycles. The number of carbonyl (C=O) groups excluding carboxylic acids is 2. The maximum atomic E-state index is 12.8. The first kappa shape index (κ1) is 18.3. The summed E-state index contributed by atoms with van der Waals surface area (Å²) in [6.07, 6.45) is 0. The van der Waals surface area contributed by atoms with E-state index in [1.807, 2.05) is 0 Å². The molecule has 0 bridgehead atoms. The number of hydrogen-bond donors (Lipinski definition) is 1. The molecular weight excluding hydrogens is 424 g/mol. The van der Waals surface area contributed by atoms with Gasteiger partial charge in [-0.2, -0.15) is 0 Å². The van der Waals surface area contributed by atoms with Crippen molar-refractivity contribution in [2.24, 2.45) is 0 Å². The van der Waals surface area contributed by atoms with Crippen molar-refractivity contribution in [1.29, 1.82) is 0 Å². The van der Waals surface area contributed by atoms with Gasteiger partial charge in [-0.1, -0.05) is 27.5 Å². The molecule has 0 saturated carbocycles. The molecule has 0 aliphatic carbocycles. The number of imide groups is 1. The van der Waals surface area contributed by atoms with Gasteiger partial charge in [0, 0.05) is 10.5 Å². The minimum atomic E-state index is -0.589. The van der Waals surface area contributed by atoms with Gasteiger partial charge >= 0.3 is 0 Å². The highest BCUT2D eigenvalue weighted by Gasteiger charge is 2.39. The summed E-state index contributed by atoms with van der Waals surface area (Å²) >= 11 is 9.45. The molecule has 1 aliphatic rings. The molecule has 26 heavy (non-hydrogen) atoms. The largest absolute Gasteiger partial charge is 0.497 e. The van der Waals surface area contributed by atoms with Gasteiger partial charge < -0.3 is 14.8 Å². The first-order chi connectivity index (χ1) is 12.5. The molecule has 0 spiro atoms. The summed E-state index contributed by atoms with van der Waals surface area (Å²) in [7, 11) is 3.03. The average molecular weight is 438 g/mol. The molecule has 0 atom stereocenters. The fourth-order valence-corrected chi connectivity index (χ4v) is 2.95. The Morgan fingerprint density at radius 3 is 2.31 bits per heavy atom. The highest BCUT2D eigenvalue weighted by Crippen LogP contribution is 2.34. The van der Waals surface area contributed by atoms with Gasteiger partial charge in [0.1, 0.15) is 22.2 Å². The predicted octanol–water partition coefficient (Wildman–Crippen LogP) is 3.90. The fourth-order valence-electron chi connectivity index (χ4n) is 2.47. The first-order valence-corrected chi connectivity index (χ1v) is 8.66. The molecule has 8 heteroatoms. The Kier molecular flexibility index (Phi) is 5.20. The molecule has 134 valence electrons. The van der Waals surface area contributed by atoms with E-state index in [0.29, 0.717) is 22.9 Å². The molecule has 0 radical (unpaired) electrons. The number of anilines is 2. The number of nitrogens with one attached hydrogen (secondary N) is 1. The van der Waals surface area contributed by atoms with E-state index < -0.39 is 11.8 Å². The second-order valence-corrected chi connectivity index (χ2v) is 6.60. The van der Waals surface area contributed by atoms with Gasteiger partial charge in [0.15, 0.2) is 0 Å². The minimum absolute atomic E-state index is 0.0111.